The topological polar surface area (TPSA) is 26.0 Å². The Bertz CT molecular complexity index is 638. The fraction of sp³-hybridized carbons (Fsp3) is 0.0625. The van der Waals surface area contributed by atoms with Crippen LogP contribution in [0.2, 0.25) is 0 Å². The van der Waals surface area contributed by atoms with Gasteiger partial charge in [0.05, 0.1) is 0 Å². The SMILES string of the molecule is Cc1nc(-c2ccc(-c3ccccc3)cc2)co1. The predicted octanol–water partition coefficient (Wildman–Crippen LogP) is 4.32. The van der Waals surface area contributed by atoms with Crippen LogP contribution in [0.15, 0.2) is 65.3 Å². The highest BCUT2D eigenvalue weighted by Crippen LogP contribution is 2.24. The molecule has 18 heavy (non-hydrogen) atoms. The molecule has 2 nitrogen and oxygen atoms in total. The molecule has 0 unspecified atom stereocenters. The zero-order chi connectivity index (χ0) is 12.4. The maximum Gasteiger partial charge on any atom is 0.191 e. The van der Waals surface area contributed by atoms with E-state index in [1.807, 2.05) is 25.1 Å². The van der Waals surface area contributed by atoms with Gasteiger partial charge in [-0.15, -0.1) is 0 Å². The Morgan fingerprint density at radius 2 is 1.39 bits per heavy atom. The molecular weight excluding hydrogens is 222 g/mol. The van der Waals surface area contributed by atoms with Gasteiger partial charge in [-0.1, -0.05) is 54.6 Å². The third-order valence-corrected chi connectivity index (χ3v) is 2.91. The molecule has 3 aromatic rings. The molecule has 0 bridgehead atoms. The number of rotatable bonds is 2. The Balaban J connectivity index is 1.94. The van der Waals surface area contributed by atoms with Crippen LogP contribution >= 0.6 is 0 Å². The van der Waals surface area contributed by atoms with Crippen LogP contribution in [0.3, 0.4) is 0 Å². The molecule has 0 fully saturated rings. The smallest absolute Gasteiger partial charge is 0.191 e. The van der Waals surface area contributed by atoms with Crippen LogP contribution < -0.4 is 0 Å². The van der Waals surface area contributed by atoms with E-state index >= 15 is 0 Å². The van der Waals surface area contributed by atoms with Crippen molar-refractivity contribution in [3.63, 3.8) is 0 Å². The number of aromatic nitrogens is 1. The average molecular weight is 235 g/mol. The van der Waals surface area contributed by atoms with Crippen LogP contribution in [0.5, 0.6) is 0 Å². The van der Waals surface area contributed by atoms with E-state index in [1.54, 1.807) is 6.26 Å². The molecule has 1 aromatic heterocycles. The van der Waals surface area contributed by atoms with E-state index in [0.717, 1.165) is 11.3 Å². The van der Waals surface area contributed by atoms with E-state index in [1.165, 1.54) is 11.1 Å². The number of oxazole rings is 1. The molecule has 0 aliphatic rings. The highest BCUT2D eigenvalue weighted by Gasteiger charge is 2.03. The first-order chi connectivity index (χ1) is 8.83. The Morgan fingerprint density at radius 1 is 0.778 bits per heavy atom. The maximum atomic E-state index is 5.22. The second-order valence-electron chi connectivity index (χ2n) is 4.20. The normalized spacial score (nSPS) is 10.5. The monoisotopic (exact) mass is 235 g/mol. The summed E-state index contributed by atoms with van der Waals surface area (Å²) in [6, 6.07) is 18.7. The van der Waals surface area contributed by atoms with E-state index in [-0.39, 0.29) is 0 Å². The van der Waals surface area contributed by atoms with Gasteiger partial charge in [0.15, 0.2) is 5.89 Å². The van der Waals surface area contributed by atoms with E-state index in [9.17, 15) is 0 Å². The largest absolute Gasteiger partial charge is 0.449 e. The van der Waals surface area contributed by atoms with Gasteiger partial charge in [0.2, 0.25) is 0 Å². The standard InChI is InChI=1S/C16H13NO/c1-12-17-16(11-18-12)15-9-7-14(8-10-15)13-5-3-2-4-6-13/h2-11H,1H3. The van der Waals surface area contributed by atoms with Crippen LogP contribution in [0.1, 0.15) is 5.89 Å². The van der Waals surface area contributed by atoms with Crippen LogP contribution in [0, 0.1) is 6.92 Å². The zero-order valence-electron chi connectivity index (χ0n) is 10.1. The quantitative estimate of drug-likeness (QED) is 0.661. The van der Waals surface area contributed by atoms with Crippen molar-refractivity contribution < 1.29 is 4.42 Å². The minimum absolute atomic E-state index is 0.692. The van der Waals surface area contributed by atoms with Gasteiger partial charge in [0, 0.05) is 12.5 Å². The fourth-order valence-electron chi connectivity index (χ4n) is 1.96. The van der Waals surface area contributed by atoms with Crippen molar-refractivity contribution >= 4 is 0 Å². The summed E-state index contributed by atoms with van der Waals surface area (Å²) in [4.78, 5) is 4.32. The Morgan fingerprint density at radius 3 is 2.00 bits per heavy atom. The van der Waals surface area contributed by atoms with Gasteiger partial charge in [0.25, 0.3) is 0 Å². The molecule has 1 heterocycles. The number of nitrogens with zero attached hydrogens (tertiary/aromatic N) is 1. The van der Waals surface area contributed by atoms with Crippen molar-refractivity contribution in [2.24, 2.45) is 0 Å². The molecular formula is C16H13NO. The highest BCUT2D eigenvalue weighted by atomic mass is 16.3. The number of hydrogen-bond donors (Lipinski definition) is 0. The first-order valence-corrected chi connectivity index (χ1v) is 5.91. The molecule has 2 aromatic carbocycles. The summed E-state index contributed by atoms with van der Waals surface area (Å²) in [5, 5.41) is 0. The molecule has 88 valence electrons. The highest BCUT2D eigenvalue weighted by molar-refractivity contribution is 5.68. The number of aryl methyl sites for hydroxylation is 1. The van der Waals surface area contributed by atoms with Gasteiger partial charge in [-0.2, -0.15) is 0 Å². The Hall–Kier alpha value is -2.35. The third kappa shape index (κ3) is 2.05. The second-order valence-corrected chi connectivity index (χ2v) is 4.20. The molecule has 0 radical (unpaired) electrons. The number of hydrogen-bond acceptors (Lipinski definition) is 2. The van der Waals surface area contributed by atoms with E-state index < -0.39 is 0 Å². The van der Waals surface area contributed by atoms with Crippen molar-refractivity contribution in [3.8, 4) is 22.4 Å². The summed E-state index contributed by atoms with van der Waals surface area (Å²) in [7, 11) is 0. The van der Waals surface area contributed by atoms with E-state index in [2.05, 4.69) is 41.4 Å². The van der Waals surface area contributed by atoms with Crippen LogP contribution in [-0.4, -0.2) is 4.98 Å². The first kappa shape index (κ1) is 10.8. The molecule has 0 aliphatic heterocycles. The van der Waals surface area contributed by atoms with Gasteiger partial charge >= 0.3 is 0 Å². The van der Waals surface area contributed by atoms with Crippen molar-refractivity contribution in [1.82, 2.24) is 4.98 Å². The number of benzene rings is 2. The van der Waals surface area contributed by atoms with Gasteiger partial charge in [-0.25, -0.2) is 4.98 Å². The van der Waals surface area contributed by atoms with Gasteiger partial charge in [-0.05, 0) is 11.1 Å². The van der Waals surface area contributed by atoms with Crippen molar-refractivity contribution in [2.45, 2.75) is 6.92 Å². The summed E-state index contributed by atoms with van der Waals surface area (Å²) in [6.07, 6.45) is 1.69. The van der Waals surface area contributed by atoms with Crippen LogP contribution in [0.25, 0.3) is 22.4 Å². The van der Waals surface area contributed by atoms with Crippen LogP contribution in [-0.2, 0) is 0 Å². The zero-order valence-corrected chi connectivity index (χ0v) is 10.1. The molecule has 0 saturated carbocycles. The molecule has 0 spiro atoms. The molecule has 3 rings (SSSR count). The summed E-state index contributed by atoms with van der Waals surface area (Å²) in [5.41, 5.74) is 4.39. The van der Waals surface area contributed by atoms with Gasteiger partial charge in [0.1, 0.15) is 12.0 Å². The minimum atomic E-state index is 0.692. The predicted molar refractivity (Wildman–Crippen MR) is 72.1 cm³/mol. The molecule has 0 aliphatic carbocycles. The molecule has 0 N–H and O–H groups in total. The average Bonchev–Trinajstić information content (AvgIpc) is 2.87. The summed E-state index contributed by atoms with van der Waals surface area (Å²) in [5.74, 6) is 0.692. The van der Waals surface area contributed by atoms with Gasteiger partial charge in [-0.3, -0.25) is 0 Å². The first-order valence-electron chi connectivity index (χ1n) is 5.91. The van der Waals surface area contributed by atoms with E-state index in [4.69, 9.17) is 4.42 Å². The van der Waals surface area contributed by atoms with Crippen molar-refractivity contribution in [2.75, 3.05) is 0 Å². The van der Waals surface area contributed by atoms with E-state index in [0.29, 0.717) is 5.89 Å². The third-order valence-electron chi connectivity index (χ3n) is 2.91. The lowest BCUT2D eigenvalue weighted by molar-refractivity contribution is 0.521. The molecule has 0 amide bonds. The molecule has 0 atom stereocenters. The maximum absolute atomic E-state index is 5.22. The lowest BCUT2D eigenvalue weighted by atomic mass is 10.0. The minimum Gasteiger partial charge on any atom is -0.449 e. The second kappa shape index (κ2) is 4.49. The van der Waals surface area contributed by atoms with Gasteiger partial charge < -0.3 is 4.42 Å². The lowest BCUT2D eigenvalue weighted by Gasteiger charge is -2.02. The Kier molecular flexibility index (Phi) is 2.69. The summed E-state index contributed by atoms with van der Waals surface area (Å²) in [6.45, 7) is 1.85. The fourth-order valence-corrected chi connectivity index (χ4v) is 1.96. The summed E-state index contributed by atoms with van der Waals surface area (Å²) < 4.78 is 5.22. The van der Waals surface area contributed by atoms with Crippen molar-refractivity contribution in [1.29, 1.82) is 0 Å². The Labute approximate surface area is 106 Å². The lowest BCUT2D eigenvalue weighted by Crippen LogP contribution is -1.80. The molecule has 2 heteroatoms. The van der Waals surface area contributed by atoms with Crippen LogP contribution in [0.4, 0.5) is 0 Å². The summed E-state index contributed by atoms with van der Waals surface area (Å²) >= 11 is 0. The van der Waals surface area contributed by atoms with Crippen molar-refractivity contribution in [3.05, 3.63) is 66.8 Å². The molecule has 0 saturated heterocycles.